The summed E-state index contributed by atoms with van der Waals surface area (Å²) in [6.07, 6.45) is 5.38. The van der Waals surface area contributed by atoms with Crippen molar-refractivity contribution in [3.63, 3.8) is 0 Å². The minimum atomic E-state index is 0.445. The Morgan fingerprint density at radius 1 is 1.08 bits per heavy atom. The van der Waals surface area contributed by atoms with E-state index in [1.54, 1.807) is 12.5 Å². The van der Waals surface area contributed by atoms with Gasteiger partial charge in [-0.05, 0) is 17.8 Å². The van der Waals surface area contributed by atoms with Crippen molar-refractivity contribution < 1.29 is 0 Å². The highest BCUT2D eigenvalue weighted by atomic mass is 15.4. The summed E-state index contributed by atoms with van der Waals surface area (Å²) in [6.45, 7) is 10.9. The fourth-order valence-electron chi connectivity index (χ4n) is 3.91. The molecule has 0 aromatic carbocycles. The highest BCUT2D eigenvalue weighted by molar-refractivity contribution is 5.41. The molecule has 0 spiro atoms. The van der Waals surface area contributed by atoms with Crippen molar-refractivity contribution in [1.82, 2.24) is 29.9 Å². The van der Waals surface area contributed by atoms with Crippen molar-refractivity contribution in [2.75, 3.05) is 37.6 Å². The molecule has 2 aromatic heterocycles. The second-order valence-corrected chi connectivity index (χ2v) is 7.31. The third-order valence-electron chi connectivity index (χ3n) is 5.27. The molecule has 0 aliphatic carbocycles. The molecule has 2 aliphatic heterocycles. The van der Waals surface area contributed by atoms with Crippen LogP contribution in [-0.2, 0) is 6.54 Å². The van der Waals surface area contributed by atoms with Gasteiger partial charge in [0.25, 0.3) is 0 Å². The van der Waals surface area contributed by atoms with Crippen LogP contribution in [0.25, 0.3) is 0 Å². The summed E-state index contributed by atoms with van der Waals surface area (Å²) in [5, 5.41) is 7.90. The average Bonchev–Trinajstić information content (AvgIpc) is 3.29. The summed E-state index contributed by atoms with van der Waals surface area (Å²) < 4.78 is 1.91. The number of hydrogen-bond donors (Lipinski definition) is 0. The first-order valence-electron chi connectivity index (χ1n) is 8.82. The number of rotatable bonds is 5. The van der Waals surface area contributed by atoms with Gasteiger partial charge in [0.1, 0.15) is 12.1 Å². The number of nitrogens with zero attached hydrogens (tertiary/aromatic N) is 7. The van der Waals surface area contributed by atoms with Gasteiger partial charge in [0.05, 0.1) is 12.7 Å². The maximum atomic E-state index is 4.50. The molecule has 24 heavy (non-hydrogen) atoms. The zero-order chi connectivity index (χ0) is 16.5. The van der Waals surface area contributed by atoms with Crippen LogP contribution in [0.15, 0.2) is 24.8 Å². The average molecular weight is 327 g/mol. The maximum Gasteiger partial charge on any atom is 0.132 e. The molecule has 2 aromatic rings. The number of fused-ring (bicyclic) bond motifs is 1. The lowest BCUT2D eigenvalue weighted by Crippen LogP contribution is -2.31. The highest BCUT2D eigenvalue weighted by Gasteiger charge is 2.40. The molecular formula is C17H25N7. The van der Waals surface area contributed by atoms with E-state index in [4.69, 9.17) is 0 Å². The SMILES string of the molecule is CC(C)c1cc(N2CC3CN(CCn4ccnn4)CC3C2)ncn1. The van der Waals surface area contributed by atoms with E-state index in [-0.39, 0.29) is 0 Å². The summed E-state index contributed by atoms with van der Waals surface area (Å²) in [6, 6.07) is 2.16. The fourth-order valence-corrected chi connectivity index (χ4v) is 3.91. The number of anilines is 1. The molecule has 7 nitrogen and oxygen atoms in total. The summed E-state index contributed by atoms with van der Waals surface area (Å²) in [4.78, 5) is 13.9. The first kappa shape index (κ1) is 15.5. The lowest BCUT2D eigenvalue weighted by molar-refractivity contribution is 0.295. The molecule has 2 fully saturated rings. The van der Waals surface area contributed by atoms with E-state index < -0.39 is 0 Å². The van der Waals surface area contributed by atoms with Gasteiger partial charge in [0.15, 0.2) is 0 Å². The van der Waals surface area contributed by atoms with Crippen molar-refractivity contribution in [3.05, 3.63) is 30.5 Å². The monoisotopic (exact) mass is 327 g/mol. The van der Waals surface area contributed by atoms with Gasteiger partial charge in [-0.2, -0.15) is 0 Å². The Labute approximate surface area is 142 Å². The smallest absolute Gasteiger partial charge is 0.132 e. The summed E-state index contributed by atoms with van der Waals surface area (Å²) in [5.41, 5.74) is 1.13. The molecule has 128 valence electrons. The van der Waals surface area contributed by atoms with E-state index in [9.17, 15) is 0 Å². The lowest BCUT2D eigenvalue weighted by Gasteiger charge is -2.22. The van der Waals surface area contributed by atoms with Crippen LogP contribution in [0.2, 0.25) is 0 Å². The van der Waals surface area contributed by atoms with Crippen LogP contribution in [0, 0.1) is 11.8 Å². The number of hydrogen-bond acceptors (Lipinski definition) is 6. The third-order valence-corrected chi connectivity index (χ3v) is 5.27. The molecule has 2 unspecified atom stereocenters. The first-order valence-corrected chi connectivity index (χ1v) is 8.82. The Morgan fingerprint density at radius 2 is 1.88 bits per heavy atom. The van der Waals surface area contributed by atoms with Gasteiger partial charge in [0, 0.05) is 50.7 Å². The van der Waals surface area contributed by atoms with Crippen molar-refractivity contribution in [3.8, 4) is 0 Å². The van der Waals surface area contributed by atoms with Crippen LogP contribution in [0.3, 0.4) is 0 Å². The predicted octanol–water partition coefficient (Wildman–Crippen LogP) is 1.26. The minimum absolute atomic E-state index is 0.445. The molecule has 4 heterocycles. The van der Waals surface area contributed by atoms with Crippen LogP contribution in [-0.4, -0.2) is 62.6 Å². The summed E-state index contributed by atoms with van der Waals surface area (Å²) in [7, 11) is 0. The molecule has 0 N–H and O–H groups in total. The Hall–Kier alpha value is -2.02. The normalized spacial score (nSPS) is 24.0. The van der Waals surface area contributed by atoms with Crippen molar-refractivity contribution in [1.29, 1.82) is 0 Å². The number of aromatic nitrogens is 5. The minimum Gasteiger partial charge on any atom is -0.356 e. The molecule has 7 heteroatoms. The van der Waals surface area contributed by atoms with Crippen molar-refractivity contribution >= 4 is 5.82 Å². The van der Waals surface area contributed by atoms with Gasteiger partial charge in [-0.1, -0.05) is 19.1 Å². The zero-order valence-corrected chi connectivity index (χ0v) is 14.4. The van der Waals surface area contributed by atoms with Gasteiger partial charge < -0.3 is 9.80 Å². The zero-order valence-electron chi connectivity index (χ0n) is 14.4. The molecule has 4 rings (SSSR count). The fraction of sp³-hybridized carbons (Fsp3) is 0.647. The van der Waals surface area contributed by atoms with Crippen LogP contribution in [0.5, 0.6) is 0 Å². The lowest BCUT2D eigenvalue weighted by atomic mass is 10.0. The van der Waals surface area contributed by atoms with Crippen LogP contribution < -0.4 is 4.90 Å². The van der Waals surface area contributed by atoms with E-state index in [0.29, 0.717) is 5.92 Å². The molecule has 0 bridgehead atoms. The number of likely N-dealkylation sites (tertiary alicyclic amines) is 1. The quantitative estimate of drug-likeness (QED) is 0.824. The Balaban J connectivity index is 1.33. The van der Waals surface area contributed by atoms with E-state index in [2.05, 4.69) is 50.0 Å². The second-order valence-electron chi connectivity index (χ2n) is 7.31. The third kappa shape index (κ3) is 3.13. The molecule has 0 amide bonds. The van der Waals surface area contributed by atoms with Gasteiger partial charge in [0.2, 0.25) is 0 Å². The van der Waals surface area contributed by atoms with Gasteiger partial charge in [-0.3, -0.25) is 4.68 Å². The molecule has 2 atom stereocenters. The summed E-state index contributed by atoms with van der Waals surface area (Å²) >= 11 is 0. The van der Waals surface area contributed by atoms with E-state index in [1.807, 2.05) is 10.9 Å². The van der Waals surface area contributed by atoms with E-state index >= 15 is 0 Å². The van der Waals surface area contributed by atoms with E-state index in [0.717, 1.165) is 49.5 Å². The van der Waals surface area contributed by atoms with Crippen LogP contribution >= 0.6 is 0 Å². The molecular weight excluding hydrogens is 302 g/mol. The van der Waals surface area contributed by atoms with Gasteiger partial charge in [-0.25, -0.2) is 9.97 Å². The Kier molecular flexibility index (Phi) is 4.18. The molecule has 0 saturated carbocycles. The van der Waals surface area contributed by atoms with E-state index in [1.165, 1.54) is 13.1 Å². The summed E-state index contributed by atoms with van der Waals surface area (Å²) in [5.74, 6) is 3.04. The molecule has 2 aliphatic rings. The maximum absolute atomic E-state index is 4.50. The topological polar surface area (TPSA) is 63.0 Å². The first-order chi connectivity index (χ1) is 11.7. The molecule has 2 saturated heterocycles. The second kappa shape index (κ2) is 6.47. The predicted molar refractivity (Wildman–Crippen MR) is 91.8 cm³/mol. The van der Waals surface area contributed by atoms with Crippen LogP contribution in [0.1, 0.15) is 25.5 Å². The Bertz CT molecular complexity index is 655. The van der Waals surface area contributed by atoms with Crippen LogP contribution in [0.4, 0.5) is 5.82 Å². The van der Waals surface area contributed by atoms with Gasteiger partial charge in [-0.15, -0.1) is 5.10 Å². The standard InChI is InChI=1S/C17H25N7/c1-13(2)16-7-17(19-12-18-16)23-10-14-8-22(9-15(14)11-23)5-6-24-4-3-20-21-24/h3-4,7,12-15H,5-6,8-11H2,1-2H3. The molecule has 0 radical (unpaired) electrons. The van der Waals surface area contributed by atoms with Crippen molar-refractivity contribution in [2.24, 2.45) is 11.8 Å². The highest BCUT2D eigenvalue weighted by Crippen LogP contribution is 2.33. The Morgan fingerprint density at radius 3 is 2.54 bits per heavy atom. The largest absolute Gasteiger partial charge is 0.356 e. The van der Waals surface area contributed by atoms with Gasteiger partial charge >= 0.3 is 0 Å². The van der Waals surface area contributed by atoms with Crippen molar-refractivity contribution in [2.45, 2.75) is 26.3 Å².